The summed E-state index contributed by atoms with van der Waals surface area (Å²) in [5, 5.41) is 4.47. The highest BCUT2D eigenvalue weighted by Crippen LogP contribution is 2.14. The number of amides is 1. The number of hydrogen-bond acceptors (Lipinski definition) is 3. The highest BCUT2D eigenvalue weighted by atomic mass is 35.5. The number of benzene rings is 2. The molecule has 2 rings (SSSR count). The van der Waals surface area contributed by atoms with E-state index in [2.05, 4.69) is 10.5 Å². The van der Waals surface area contributed by atoms with Gasteiger partial charge in [-0.25, -0.2) is 5.43 Å². The molecule has 2 aromatic carbocycles. The number of hydrazone groups is 1. The first kappa shape index (κ1) is 16.0. The lowest BCUT2D eigenvalue weighted by Gasteiger charge is -2.13. The molecule has 0 aliphatic rings. The van der Waals surface area contributed by atoms with E-state index in [1.54, 1.807) is 13.0 Å². The van der Waals surface area contributed by atoms with Crippen LogP contribution >= 0.6 is 11.6 Å². The summed E-state index contributed by atoms with van der Waals surface area (Å²) in [6.07, 6.45) is 0.852. The van der Waals surface area contributed by atoms with Gasteiger partial charge < -0.3 is 4.74 Å². The molecule has 0 saturated carbocycles. The molecule has 0 aliphatic heterocycles. The first-order valence-corrected chi connectivity index (χ1v) is 7.25. The Morgan fingerprint density at radius 1 is 1.27 bits per heavy atom. The molecule has 4 nitrogen and oxygen atoms in total. The Bertz CT molecular complexity index is 686. The average molecular weight is 317 g/mol. The van der Waals surface area contributed by atoms with E-state index < -0.39 is 6.10 Å². The predicted octanol–water partition coefficient (Wildman–Crippen LogP) is 3.57. The maximum Gasteiger partial charge on any atom is 0.280 e. The fraction of sp³-hybridized carbons (Fsp3) is 0.176. The van der Waals surface area contributed by atoms with Crippen molar-refractivity contribution in [2.24, 2.45) is 5.10 Å². The van der Waals surface area contributed by atoms with Crippen molar-refractivity contribution in [3.8, 4) is 5.75 Å². The third kappa shape index (κ3) is 4.60. The number of ether oxygens (including phenoxy) is 1. The molecule has 1 unspecified atom stereocenters. The van der Waals surface area contributed by atoms with Crippen LogP contribution in [0.15, 0.2) is 53.6 Å². The zero-order chi connectivity index (χ0) is 15.9. The third-order valence-corrected chi connectivity index (χ3v) is 3.30. The molecule has 0 radical (unpaired) electrons. The second-order valence-corrected chi connectivity index (χ2v) is 5.24. The van der Waals surface area contributed by atoms with E-state index in [-0.39, 0.29) is 5.91 Å². The molecule has 0 saturated heterocycles. The number of nitrogens with zero attached hydrogens (tertiary/aromatic N) is 1. The van der Waals surface area contributed by atoms with Crippen LogP contribution in [0, 0.1) is 6.92 Å². The van der Waals surface area contributed by atoms with Crippen molar-refractivity contribution in [1.29, 1.82) is 0 Å². The fourth-order valence-electron chi connectivity index (χ4n) is 1.78. The van der Waals surface area contributed by atoms with E-state index in [0.717, 1.165) is 11.1 Å². The van der Waals surface area contributed by atoms with Crippen molar-refractivity contribution >= 4 is 23.7 Å². The van der Waals surface area contributed by atoms with E-state index in [1.807, 2.05) is 49.4 Å². The zero-order valence-corrected chi connectivity index (χ0v) is 13.2. The summed E-state index contributed by atoms with van der Waals surface area (Å²) in [6.45, 7) is 3.63. The molecule has 0 bridgehead atoms. The molecule has 0 spiro atoms. The van der Waals surface area contributed by atoms with Crippen LogP contribution in [0.5, 0.6) is 5.75 Å². The van der Waals surface area contributed by atoms with Crippen LogP contribution in [0.1, 0.15) is 18.1 Å². The number of halogens is 1. The molecule has 0 aromatic heterocycles. The molecule has 1 N–H and O–H groups in total. The molecule has 1 atom stereocenters. The summed E-state index contributed by atoms with van der Waals surface area (Å²) in [5.74, 6) is 0.322. The Morgan fingerprint density at radius 2 is 2.05 bits per heavy atom. The number of carbonyl (C=O) groups excluding carboxylic acids is 1. The van der Waals surface area contributed by atoms with Gasteiger partial charge in [-0.3, -0.25) is 4.79 Å². The highest BCUT2D eigenvalue weighted by molar-refractivity contribution is 6.33. The lowest BCUT2D eigenvalue weighted by molar-refractivity contribution is -0.127. The van der Waals surface area contributed by atoms with Crippen molar-refractivity contribution in [3.05, 3.63) is 64.7 Å². The molecule has 0 heterocycles. The summed E-state index contributed by atoms with van der Waals surface area (Å²) in [4.78, 5) is 11.9. The Morgan fingerprint density at radius 3 is 2.77 bits per heavy atom. The van der Waals surface area contributed by atoms with E-state index >= 15 is 0 Å². The topological polar surface area (TPSA) is 50.7 Å². The molecular formula is C17H17ClN2O2. The smallest absolute Gasteiger partial charge is 0.280 e. The Balaban J connectivity index is 1.90. The van der Waals surface area contributed by atoms with Crippen molar-refractivity contribution in [2.75, 3.05) is 0 Å². The number of nitrogens with one attached hydrogen (secondary N) is 1. The van der Waals surface area contributed by atoms with Crippen molar-refractivity contribution in [2.45, 2.75) is 20.0 Å². The minimum absolute atomic E-state index is 0.329. The van der Waals surface area contributed by atoms with Gasteiger partial charge in [-0.05, 0) is 37.6 Å². The predicted molar refractivity (Wildman–Crippen MR) is 88.5 cm³/mol. The Hall–Kier alpha value is -2.33. The van der Waals surface area contributed by atoms with Crippen LogP contribution < -0.4 is 10.2 Å². The monoisotopic (exact) mass is 316 g/mol. The van der Waals surface area contributed by atoms with Gasteiger partial charge in [-0.15, -0.1) is 0 Å². The molecule has 0 aliphatic carbocycles. The first-order chi connectivity index (χ1) is 10.6. The van der Waals surface area contributed by atoms with Crippen LogP contribution in [0.3, 0.4) is 0 Å². The van der Waals surface area contributed by atoms with Crippen molar-refractivity contribution in [3.63, 3.8) is 0 Å². The van der Waals surface area contributed by atoms with Crippen LogP contribution in [-0.4, -0.2) is 18.2 Å². The molecule has 1 amide bonds. The number of hydrogen-bond donors (Lipinski definition) is 1. The van der Waals surface area contributed by atoms with E-state index in [0.29, 0.717) is 10.8 Å². The van der Waals surface area contributed by atoms with Gasteiger partial charge in [0.2, 0.25) is 0 Å². The molecule has 2 aromatic rings. The second-order valence-electron chi connectivity index (χ2n) is 4.83. The average Bonchev–Trinajstić information content (AvgIpc) is 2.49. The Kier molecular flexibility index (Phi) is 5.55. The number of aryl methyl sites for hydroxylation is 1. The van der Waals surface area contributed by atoms with Gasteiger partial charge in [0.1, 0.15) is 5.75 Å². The molecule has 0 fully saturated rings. The fourth-order valence-corrected chi connectivity index (χ4v) is 1.97. The molecular weight excluding hydrogens is 300 g/mol. The molecule has 5 heteroatoms. The minimum Gasteiger partial charge on any atom is -0.481 e. The van der Waals surface area contributed by atoms with Crippen LogP contribution in [-0.2, 0) is 4.79 Å². The van der Waals surface area contributed by atoms with Gasteiger partial charge >= 0.3 is 0 Å². The summed E-state index contributed by atoms with van der Waals surface area (Å²) in [7, 11) is 0. The number of rotatable bonds is 5. The lowest BCUT2D eigenvalue weighted by atomic mass is 10.2. The highest BCUT2D eigenvalue weighted by Gasteiger charge is 2.13. The van der Waals surface area contributed by atoms with Crippen LogP contribution in [0.25, 0.3) is 0 Å². The lowest BCUT2D eigenvalue weighted by Crippen LogP contribution is -2.33. The SMILES string of the molecule is Cc1cccc(OC(C)C(=O)N/N=C/c2ccccc2Cl)c1. The van der Waals surface area contributed by atoms with Crippen LogP contribution in [0.2, 0.25) is 5.02 Å². The van der Waals surface area contributed by atoms with Crippen molar-refractivity contribution < 1.29 is 9.53 Å². The van der Waals surface area contributed by atoms with Crippen molar-refractivity contribution in [1.82, 2.24) is 5.43 Å². The summed E-state index contributed by atoms with van der Waals surface area (Å²) >= 11 is 6.00. The van der Waals surface area contributed by atoms with Crippen LogP contribution in [0.4, 0.5) is 0 Å². The van der Waals surface area contributed by atoms with E-state index in [1.165, 1.54) is 6.21 Å². The maximum absolute atomic E-state index is 11.9. The third-order valence-electron chi connectivity index (χ3n) is 2.96. The molecule has 114 valence electrons. The molecule has 22 heavy (non-hydrogen) atoms. The maximum atomic E-state index is 11.9. The zero-order valence-electron chi connectivity index (χ0n) is 12.4. The van der Waals surface area contributed by atoms with Gasteiger partial charge in [0.25, 0.3) is 5.91 Å². The van der Waals surface area contributed by atoms with E-state index in [4.69, 9.17) is 16.3 Å². The van der Waals surface area contributed by atoms with Gasteiger partial charge in [0, 0.05) is 10.6 Å². The first-order valence-electron chi connectivity index (χ1n) is 6.87. The second kappa shape index (κ2) is 7.61. The van der Waals surface area contributed by atoms with Gasteiger partial charge in [0.15, 0.2) is 6.10 Å². The standard InChI is InChI=1S/C17H17ClN2O2/c1-12-6-5-8-15(10-12)22-13(2)17(21)20-19-11-14-7-3-4-9-16(14)18/h3-11,13H,1-2H3,(H,20,21)/b19-11+. The normalized spacial score (nSPS) is 12.1. The summed E-state index contributed by atoms with van der Waals surface area (Å²) in [6, 6.07) is 14.8. The quantitative estimate of drug-likeness (QED) is 0.677. The summed E-state index contributed by atoms with van der Waals surface area (Å²) < 4.78 is 5.57. The minimum atomic E-state index is -0.648. The largest absolute Gasteiger partial charge is 0.481 e. The van der Waals surface area contributed by atoms with Gasteiger partial charge in [0.05, 0.1) is 6.21 Å². The number of carbonyl (C=O) groups is 1. The Labute approximate surface area is 134 Å². The van der Waals surface area contributed by atoms with E-state index in [9.17, 15) is 4.79 Å². The van der Waals surface area contributed by atoms with Gasteiger partial charge in [-0.2, -0.15) is 5.10 Å². The van der Waals surface area contributed by atoms with Gasteiger partial charge in [-0.1, -0.05) is 41.9 Å². The summed E-state index contributed by atoms with van der Waals surface area (Å²) in [5.41, 5.74) is 4.24.